The Kier molecular flexibility index (Phi) is 3.93. The molecule has 1 aromatic heterocycles. The van der Waals surface area contributed by atoms with Crippen LogP contribution in [0.25, 0.3) is 0 Å². The first-order valence-electron chi connectivity index (χ1n) is 4.17. The summed E-state index contributed by atoms with van der Waals surface area (Å²) in [6, 6.07) is 1.67. The smallest absolute Gasteiger partial charge is 0.225 e. The Morgan fingerprint density at radius 3 is 2.86 bits per heavy atom. The van der Waals surface area contributed by atoms with Crippen molar-refractivity contribution in [2.75, 3.05) is 38.4 Å². The summed E-state index contributed by atoms with van der Waals surface area (Å²) in [4.78, 5) is 7.83. The molecule has 0 aromatic carbocycles. The molecule has 6 heteroatoms. The van der Waals surface area contributed by atoms with Gasteiger partial charge in [0.25, 0.3) is 0 Å². The van der Waals surface area contributed by atoms with E-state index in [1.54, 1.807) is 13.2 Å². The molecule has 14 heavy (non-hydrogen) atoms. The fraction of sp³-hybridized carbons (Fsp3) is 0.500. The maximum Gasteiger partial charge on any atom is 0.225 e. The molecule has 1 rings (SSSR count). The summed E-state index contributed by atoms with van der Waals surface area (Å²) in [5, 5.41) is 3.02. The van der Waals surface area contributed by atoms with Gasteiger partial charge in [0.1, 0.15) is 5.82 Å². The predicted molar refractivity (Wildman–Crippen MR) is 53.4 cm³/mol. The van der Waals surface area contributed by atoms with Crippen LogP contribution in [0, 0.1) is 0 Å². The van der Waals surface area contributed by atoms with Crippen molar-refractivity contribution < 1.29 is 9.47 Å². The van der Waals surface area contributed by atoms with E-state index in [9.17, 15) is 0 Å². The molecule has 0 saturated heterocycles. The van der Waals surface area contributed by atoms with Crippen LogP contribution in [0.15, 0.2) is 6.07 Å². The molecule has 0 atom stereocenters. The van der Waals surface area contributed by atoms with Crippen molar-refractivity contribution in [3.63, 3.8) is 0 Å². The van der Waals surface area contributed by atoms with E-state index in [4.69, 9.17) is 15.2 Å². The van der Waals surface area contributed by atoms with Crippen molar-refractivity contribution >= 4 is 11.8 Å². The van der Waals surface area contributed by atoms with Gasteiger partial charge in [-0.15, -0.1) is 0 Å². The van der Waals surface area contributed by atoms with Gasteiger partial charge in [-0.2, -0.15) is 9.97 Å². The highest BCUT2D eigenvalue weighted by Crippen LogP contribution is 2.13. The van der Waals surface area contributed by atoms with E-state index < -0.39 is 0 Å². The van der Waals surface area contributed by atoms with Crippen molar-refractivity contribution in [1.29, 1.82) is 0 Å². The molecule has 0 fully saturated rings. The van der Waals surface area contributed by atoms with Crippen LogP contribution in [0.3, 0.4) is 0 Å². The lowest BCUT2D eigenvalue weighted by Crippen LogP contribution is -2.10. The third kappa shape index (κ3) is 3.06. The first kappa shape index (κ1) is 10.5. The Morgan fingerprint density at radius 2 is 2.21 bits per heavy atom. The van der Waals surface area contributed by atoms with E-state index in [-0.39, 0.29) is 5.95 Å². The Labute approximate surface area is 82.4 Å². The largest absolute Gasteiger partial charge is 0.481 e. The molecular formula is C8H14N4O2. The lowest BCUT2D eigenvalue weighted by atomic mass is 10.5. The third-order valence-corrected chi connectivity index (χ3v) is 1.54. The van der Waals surface area contributed by atoms with E-state index in [0.29, 0.717) is 24.8 Å². The quantitative estimate of drug-likeness (QED) is 0.654. The van der Waals surface area contributed by atoms with Gasteiger partial charge in [-0.3, -0.25) is 0 Å². The average molecular weight is 198 g/mol. The molecule has 0 aliphatic rings. The molecule has 6 nitrogen and oxygen atoms in total. The predicted octanol–water partition coefficient (Wildman–Crippen LogP) is 0.126. The fourth-order valence-corrected chi connectivity index (χ4v) is 0.919. The lowest BCUT2D eigenvalue weighted by Gasteiger charge is -2.06. The topological polar surface area (TPSA) is 82.3 Å². The molecule has 1 aromatic rings. The maximum atomic E-state index is 5.47. The number of rotatable bonds is 5. The molecule has 3 N–H and O–H groups in total. The van der Waals surface area contributed by atoms with Crippen molar-refractivity contribution in [3.05, 3.63) is 6.07 Å². The van der Waals surface area contributed by atoms with Crippen LogP contribution in [-0.2, 0) is 4.74 Å². The summed E-state index contributed by atoms with van der Waals surface area (Å²) in [6.45, 7) is 1.27. The van der Waals surface area contributed by atoms with Gasteiger partial charge >= 0.3 is 0 Å². The van der Waals surface area contributed by atoms with Gasteiger partial charge in [-0.25, -0.2) is 0 Å². The summed E-state index contributed by atoms with van der Waals surface area (Å²) in [5.41, 5.74) is 5.47. The number of nitrogen functional groups attached to an aromatic ring is 1. The van der Waals surface area contributed by atoms with E-state index in [0.717, 1.165) is 0 Å². The van der Waals surface area contributed by atoms with Crippen molar-refractivity contribution in [3.8, 4) is 5.88 Å². The summed E-state index contributed by atoms with van der Waals surface area (Å²) in [6.07, 6.45) is 0. The highest BCUT2D eigenvalue weighted by atomic mass is 16.5. The Morgan fingerprint density at radius 1 is 1.43 bits per heavy atom. The molecule has 1 heterocycles. The minimum atomic E-state index is 0.185. The second-order valence-corrected chi connectivity index (χ2v) is 2.57. The Hall–Kier alpha value is -1.56. The first-order valence-corrected chi connectivity index (χ1v) is 4.17. The van der Waals surface area contributed by atoms with Crippen LogP contribution >= 0.6 is 0 Å². The number of anilines is 2. The summed E-state index contributed by atoms with van der Waals surface area (Å²) >= 11 is 0. The summed E-state index contributed by atoms with van der Waals surface area (Å²) in [7, 11) is 3.16. The van der Waals surface area contributed by atoms with E-state index >= 15 is 0 Å². The average Bonchev–Trinajstić information content (AvgIpc) is 2.17. The number of aromatic nitrogens is 2. The highest BCUT2D eigenvalue weighted by Gasteiger charge is 2.00. The van der Waals surface area contributed by atoms with Crippen LogP contribution in [0.2, 0.25) is 0 Å². The van der Waals surface area contributed by atoms with Crippen LogP contribution in [-0.4, -0.2) is 37.3 Å². The number of nitrogens with two attached hydrogens (primary N) is 1. The number of hydrogen-bond acceptors (Lipinski definition) is 6. The number of nitrogens with zero attached hydrogens (tertiary/aromatic N) is 2. The second-order valence-electron chi connectivity index (χ2n) is 2.57. The molecule has 0 bridgehead atoms. The normalized spacial score (nSPS) is 9.86. The summed E-state index contributed by atoms with van der Waals surface area (Å²) in [5.74, 6) is 1.26. The van der Waals surface area contributed by atoms with Crippen molar-refractivity contribution in [2.45, 2.75) is 0 Å². The Bertz CT molecular complexity index is 293. The summed E-state index contributed by atoms with van der Waals surface area (Å²) < 4.78 is 9.82. The van der Waals surface area contributed by atoms with Gasteiger partial charge in [0.15, 0.2) is 0 Å². The van der Waals surface area contributed by atoms with E-state index in [1.165, 1.54) is 7.11 Å². The van der Waals surface area contributed by atoms with E-state index in [1.807, 2.05) is 0 Å². The maximum absolute atomic E-state index is 5.47. The van der Waals surface area contributed by atoms with Crippen molar-refractivity contribution in [1.82, 2.24) is 9.97 Å². The zero-order chi connectivity index (χ0) is 10.4. The van der Waals surface area contributed by atoms with E-state index in [2.05, 4.69) is 15.3 Å². The molecule has 0 saturated carbocycles. The molecular weight excluding hydrogens is 184 g/mol. The first-order chi connectivity index (χ1) is 6.76. The zero-order valence-electron chi connectivity index (χ0n) is 8.28. The van der Waals surface area contributed by atoms with Gasteiger partial charge < -0.3 is 20.5 Å². The monoisotopic (exact) mass is 198 g/mol. The third-order valence-electron chi connectivity index (χ3n) is 1.54. The number of hydrogen-bond donors (Lipinski definition) is 2. The van der Waals surface area contributed by atoms with Crippen LogP contribution in [0.5, 0.6) is 5.88 Å². The van der Waals surface area contributed by atoms with Gasteiger partial charge in [0.05, 0.1) is 13.7 Å². The minimum Gasteiger partial charge on any atom is -0.481 e. The van der Waals surface area contributed by atoms with Crippen LogP contribution in [0.1, 0.15) is 0 Å². The van der Waals surface area contributed by atoms with Crippen LogP contribution < -0.4 is 15.8 Å². The van der Waals surface area contributed by atoms with Crippen molar-refractivity contribution in [2.24, 2.45) is 0 Å². The minimum absolute atomic E-state index is 0.185. The Balaban J connectivity index is 2.62. The molecule has 0 amide bonds. The number of ether oxygens (including phenoxy) is 2. The molecule has 0 aliphatic carbocycles. The van der Waals surface area contributed by atoms with Gasteiger partial charge in [0.2, 0.25) is 11.8 Å². The lowest BCUT2D eigenvalue weighted by molar-refractivity contribution is 0.210. The number of nitrogens with one attached hydrogen (secondary N) is 1. The van der Waals surface area contributed by atoms with Crippen LogP contribution in [0.4, 0.5) is 11.8 Å². The zero-order valence-corrected chi connectivity index (χ0v) is 8.28. The second kappa shape index (κ2) is 5.23. The molecule has 0 unspecified atom stereocenters. The highest BCUT2D eigenvalue weighted by molar-refractivity contribution is 5.42. The molecule has 78 valence electrons. The fourth-order valence-electron chi connectivity index (χ4n) is 0.919. The van der Waals surface area contributed by atoms with Gasteiger partial charge in [0, 0.05) is 19.7 Å². The van der Waals surface area contributed by atoms with Gasteiger partial charge in [-0.1, -0.05) is 0 Å². The molecule has 0 radical (unpaired) electrons. The molecule has 0 aliphatic heterocycles. The SMILES string of the molecule is COCCNc1cc(OC)nc(N)n1. The number of methoxy groups -OCH3 is 2. The molecule has 0 spiro atoms. The standard InChI is InChI=1S/C8H14N4O2/c1-13-4-3-10-6-5-7(14-2)12-8(9)11-6/h5H,3-4H2,1-2H3,(H3,9,10,11,12). The van der Waals surface area contributed by atoms with Gasteiger partial charge in [-0.05, 0) is 0 Å².